The van der Waals surface area contributed by atoms with Crippen LogP contribution < -0.4 is 21.3 Å². The number of nitrogens with zero attached hydrogens (tertiary/aromatic N) is 2. The summed E-state index contributed by atoms with van der Waals surface area (Å²) in [5, 5.41) is 12.0. The van der Waals surface area contributed by atoms with Gasteiger partial charge in [0.25, 0.3) is 0 Å². The van der Waals surface area contributed by atoms with E-state index in [9.17, 15) is 14.4 Å². The second-order valence-electron chi connectivity index (χ2n) is 18.2. The number of carbonyl (C=O) groups excluding carboxylic acids is 3. The van der Waals surface area contributed by atoms with Crippen LogP contribution in [0.4, 0.5) is 4.79 Å². The average Bonchev–Trinajstić information content (AvgIpc) is 3.74. The molecule has 6 N–H and O–H groups in total. The number of imidazole rings is 2. The van der Waals surface area contributed by atoms with Crippen molar-refractivity contribution in [2.75, 3.05) is 7.05 Å². The van der Waals surface area contributed by atoms with E-state index in [1.807, 2.05) is 71.3 Å². The van der Waals surface area contributed by atoms with Crippen molar-refractivity contribution < 1.29 is 19.1 Å². The highest BCUT2D eigenvalue weighted by Crippen LogP contribution is 2.35. The van der Waals surface area contributed by atoms with E-state index in [4.69, 9.17) is 14.7 Å². The Morgan fingerprint density at radius 1 is 0.574 bits per heavy atom. The molecule has 4 rings (SSSR count). The normalized spacial score (nSPS) is 13.9. The van der Waals surface area contributed by atoms with Gasteiger partial charge in [-0.1, -0.05) is 90.1 Å². The summed E-state index contributed by atoms with van der Waals surface area (Å²) in [6, 6.07) is 15.6. The van der Waals surface area contributed by atoms with Crippen molar-refractivity contribution in [2.24, 2.45) is 10.8 Å². The van der Waals surface area contributed by atoms with Crippen molar-refractivity contribution in [1.29, 1.82) is 0 Å². The van der Waals surface area contributed by atoms with Crippen LogP contribution in [0.25, 0.3) is 33.6 Å². The number of benzene rings is 2. The Labute approximate surface area is 320 Å². The number of hydrogen-bond acceptors (Lipinski definition) is 7. The van der Waals surface area contributed by atoms with Gasteiger partial charge in [-0.2, -0.15) is 0 Å². The Bertz CT molecular complexity index is 1920. The molecule has 2 atom stereocenters. The molecule has 12 nitrogen and oxygen atoms in total. The van der Waals surface area contributed by atoms with Crippen LogP contribution in [0.2, 0.25) is 0 Å². The van der Waals surface area contributed by atoms with Gasteiger partial charge in [0.1, 0.15) is 22.8 Å². The van der Waals surface area contributed by atoms with Crippen LogP contribution in [0.3, 0.4) is 0 Å². The number of ether oxygens (including phenoxy) is 1. The molecule has 0 spiro atoms. The summed E-state index contributed by atoms with van der Waals surface area (Å²) in [6.45, 7) is 24.6. The maximum atomic E-state index is 13.4. The third kappa shape index (κ3) is 10.4. The molecule has 0 saturated heterocycles. The van der Waals surface area contributed by atoms with Gasteiger partial charge in [-0.25, -0.2) is 14.8 Å². The second kappa shape index (κ2) is 15.4. The number of likely N-dealkylation sites (N-methyl/N-ethyl adjacent to an activating group) is 1. The van der Waals surface area contributed by atoms with E-state index in [-0.39, 0.29) is 23.3 Å². The fourth-order valence-electron chi connectivity index (χ4n) is 5.67. The molecule has 0 saturated carbocycles. The standard InChI is InChI=1S/C42H60N8O4/c1-38(2,3)31(48-35(51)41(10,11)43-14)33-44-23-29(46-33)27-19-15-25(16-20-27)26-17-21-28(22-18-26)30-24-45-34(47-30)32(39(4,5)6)49-36(52)42(12,13)50-37(53)54-40(7,8)9/h15-24,31-32,43H,1-14H3,(H,44,46)(H,45,47)(H,48,51)(H,49,52)(H,50,53). The fourth-order valence-corrected chi connectivity index (χ4v) is 5.67. The topological polar surface area (TPSA) is 166 Å². The van der Waals surface area contributed by atoms with Gasteiger partial charge >= 0.3 is 6.09 Å². The van der Waals surface area contributed by atoms with E-state index < -0.39 is 34.2 Å². The number of rotatable bonds is 11. The number of nitrogens with one attached hydrogen (secondary N) is 6. The number of H-pyrrole nitrogens is 2. The third-order valence-electron chi connectivity index (χ3n) is 9.29. The first-order chi connectivity index (χ1) is 24.8. The molecule has 2 aromatic carbocycles. The lowest BCUT2D eigenvalue weighted by molar-refractivity contribution is -0.128. The molecule has 0 fully saturated rings. The highest BCUT2D eigenvalue weighted by atomic mass is 16.6. The molecule has 54 heavy (non-hydrogen) atoms. The van der Waals surface area contributed by atoms with Gasteiger partial charge in [-0.3, -0.25) is 9.59 Å². The van der Waals surface area contributed by atoms with Crippen LogP contribution in [0.1, 0.15) is 114 Å². The summed E-state index contributed by atoms with van der Waals surface area (Å²) in [7, 11) is 1.77. The zero-order valence-corrected chi connectivity index (χ0v) is 34.5. The van der Waals surface area contributed by atoms with Crippen LogP contribution in [0.5, 0.6) is 0 Å². The number of hydrogen-bond donors (Lipinski definition) is 6. The van der Waals surface area contributed by atoms with Gasteiger partial charge < -0.3 is 36.0 Å². The molecule has 0 aliphatic rings. The Morgan fingerprint density at radius 2 is 0.926 bits per heavy atom. The maximum absolute atomic E-state index is 13.4. The molecule has 12 heteroatoms. The zero-order valence-electron chi connectivity index (χ0n) is 34.5. The van der Waals surface area contributed by atoms with Crippen molar-refractivity contribution in [1.82, 2.24) is 41.2 Å². The van der Waals surface area contributed by atoms with Gasteiger partial charge in [-0.05, 0) is 77.5 Å². The Hall–Kier alpha value is -4.97. The highest BCUT2D eigenvalue weighted by molar-refractivity contribution is 5.89. The van der Waals surface area contributed by atoms with Crippen molar-refractivity contribution in [3.8, 4) is 33.6 Å². The average molecular weight is 741 g/mol. The molecular weight excluding hydrogens is 681 g/mol. The molecule has 4 aromatic rings. The van der Waals surface area contributed by atoms with Crippen LogP contribution in [-0.4, -0.2) is 61.6 Å². The Kier molecular flexibility index (Phi) is 11.9. The summed E-state index contributed by atoms with van der Waals surface area (Å²) in [5.41, 5.74) is 2.22. The first-order valence-electron chi connectivity index (χ1n) is 18.4. The van der Waals surface area contributed by atoms with Crippen molar-refractivity contribution in [3.63, 3.8) is 0 Å². The summed E-state index contributed by atoms with van der Waals surface area (Å²) in [6.07, 6.45) is 3.05. The summed E-state index contributed by atoms with van der Waals surface area (Å²) < 4.78 is 5.37. The van der Waals surface area contributed by atoms with Crippen LogP contribution in [0, 0.1) is 10.8 Å². The molecule has 2 heterocycles. The molecular formula is C42H60N8O4. The smallest absolute Gasteiger partial charge is 0.408 e. The summed E-state index contributed by atoms with van der Waals surface area (Å²) in [5.74, 6) is 0.854. The van der Waals surface area contributed by atoms with E-state index in [1.54, 1.807) is 41.7 Å². The first-order valence-corrected chi connectivity index (χ1v) is 18.4. The number of alkyl carbamates (subject to hydrolysis) is 1. The maximum Gasteiger partial charge on any atom is 0.408 e. The SMILES string of the molecule is CNC(C)(C)C(=O)NC(c1nc(-c2ccc(-c3ccc(-c4c[nH]c(C(NC(=O)C(C)(C)NC(=O)OC(C)(C)C)C(C)(C)C)n4)cc3)cc2)c[nH]1)C(C)(C)C. The molecule has 3 amide bonds. The fraction of sp³-hybridized carbons (Fsp3) is 0.500. The Morgan fingerprint density at radius 3 is 1.26 bits per heavy atom. The van der Waals surface area contributed by atoms with E-state index >= 15 is 0 Å². The number of aromatic amines is 2. The van der Waals surface area contributed by atoms with Gasteiger partial charge in [0.2, 0.25) is 11.8 Å². The van der Waals surface area contributed by atoms with Gasteiger partial charge in [0.15, 0.2) is 0 Å². The second-order valence-corrected chi connectivity index (χ2v) is 18.2. The van der Waals surface area contributed by atoms with E-state index in [0.29, 0.717) is 11.6 Å². The van der Waals surface area contributed by atoms with Crippen molar-refractivity contribution in [2.45, 2.75) is 119 Å². The minimum atomic E-state index is -1.23. The molecule has 0 bridgehead atoms. The zero-order chi connectivity index (χ0) is 40.4. The minimum Gasteiger partial charge on any atom is -0.444 e. The van der Waals surface area contributed by atoms with Crippen LogP contribution in [0.15, 0.2) is 60.9 Å². The van der Waals surface area contributed by atoms with Crippen molar-refractivity contribution >= 4 is 17.9 Å². The number of aromatic nitrogens is 4. The quantitative estimate of drug-likeness (QED) is 0.0912. The monoisotopic (exact) mass is 740 g/mol. The van der Waals surface area contributed by atoms with E-state index in [1.165, 1.54) is 0 Å². The van der Waals surface area contributed by atoms with Crippen LogP contribution >= 0.6 is 0 Å². The molecule has 2 aromatic heterocycles. The van der Waals surface area contributed by atoms with E-state index in [0.717, 1.165) is 33.6 Å². The lowest BCUT2D eigenvalue weighted by atomic mass is 9.85. The predicted octanol–water partition coefficient (Wildman–Crippen LogP) is 7.84. The number of carbonyl (C=O) groups is 3. The first kappa shape index (κ1) is 41.8. The predicted molar refractivity (Wildman–Crippen MR) is 214 cm³/mol. The summed E-state index contributed by atoms with van der Waals surface area (Å²) in [4.78, 5) is 55.2. The van der Waals surface area contributed by atoms with E-state index in [2.05, 4.69) is 76.3 Å². The molecule has 0 radical (unpaired) electrons. The van der Waals surface area contributed by atoms with Gasteiger partial charge in [-0.15, -0.1) is 0 Å². The largest absolute Gasteiger partial charge is 0.444 e. The lowest BCUT2D eigenvalue weighted by Crippen LogP contribution is -2.57. The number of amides is 3. The molecule has 0 aliphatic heterocycles. The van der Waals surface area contributed by atoms with Gasteiger partial charge in [0, 0.05) is 23.5 Å². The summed E-state index contributed by atoms with van der Waals surface area (Å²) >= 11 is 0. The minimum absolute atomic E-state index is 0.0979. The highest BCUT2D eigenvalue weighted by Gasteiger charge is 2.38. The van der Waals surface area contributed by atoms with Crippen LogP contribution in [-0.2, 0) is 14.3 Å². The Balaban J connectivity index is 1.47. The molecule has 0 aliphatic carbocycles. The lowest BCUT2D eigenvalue weighted by Gasteiger charge is -2.34. The van der Waals surface area contributed by atoms with Crippen molar-refractivity contribution in [3.05, 3.63) is 72.6 Å². The molecule has 2 unspecified atom stereocenters. The molecule has 292 valence electrons. The third-order valence-corrected chi connectivity index (χ3v) is 9.29. The van der Waals surface area contributed by atoms with Gasteiger partial charge in [0.05, 0.1) is 29.0 Å².